The highest BCUT2D eigenvalue weighted by atomic mass is 32.2. The Hall–Kier alpha value is -1.00. The summed E-state index contributed by atoms with van der Waals surface area (Å²) in [6, 6.07) is 8.94. The van der Waals surface area contributed by atoms with E-state index in [1.54, 1.807) is 0 Å². The van der Waals surface area contributed by atoms with E-state index in [0.29, 0.717) is 6.04 Å². The van der Waals surface area contributed by atoms with Crippen LogP contribution in [0.1, 0.15) is 12.6 Å². The van der Waals surface area contributed by atoms with Gasteiger partial charge in [0.25, 0.3) is 0 Å². The van der Waals surface area contributed by atoms with Crippen LogP contribution in [-0.4, -0.2) is 34.4 Å². The first-order valence-corrected chi connectivity index (χ1v) is 7.57. The van der Waals surface area contributed by atoms with Gasteiger partial charge < -0.3 is 5.32 Å². The highest BCUT2D eigenvalue weighted by Crippen LogP contribution is 2.19. The molecular formula is C14H21N3S. The van der Waals surface area contributed by atoms with Gasteiger partial charge in [0.1, 0.15) is 0 Å². The van der Waals surface area contributed by atoms with Crippen molar-refractivity contribution in [3.63, 3.8) is 0 Å². The lowest BCUT2D eigenvalue weighted by Gasteiger charge is -2.14. The molecule has 18 heavy (non-hydrogen) atoms. The van der Waals surface area contributed by atoms with Crippen LogP contribution >= 0.6 is 11.8 Å². The third kappa shape index (κ3) is 2.87. The molecule has 0 bridgehead atoms. The van der Waals surface area contributed by atoms with Crippen molar-refractivity contribution in [1.82, 2.24) is 15.1 Å². The minimum Gasteiger partial charge on any atom is -0.316 e. The average molecular weight is 263 g/mol. The fourth-order valence-corrected chi connectivity index (χ4v) is 2.98. The van der Waals surface area contributed by atoms with Crippen LogP contribution in [0.15, 0.2) is 24.3 Å². The van der Waals surface area contributed by atoms with E-state index in [-0.39, 0.29) is 0 Å². The summed E-state index contributed by atoms with van der Waals surface area (Å²) in [5, 5.41) is 9.32. The van der Waals surface area contributed by atoms with Crippen molar-refractivity contribution in [2.45, 2.75) is 19.4 Å². The van der Waals surface area contributed by atoms with E-state index in [4.69, 9.17) is 0 Å². The minimum absolute atomic E-state index is 0.494. The monoisotopic (exact) mass is 263 g/mol. The number of likely N-dealkylation sites (N-methyl/N-ethyl adjacent to an activating group) is 1. The van der Waals surface area contributed by atoms with Crippen LogP contribution in [0.25, 0.3) is 10.9 Å². The molecule has 1 unspecified atom stereocenters. The maximum Gasteiger partial charge on any atom is 0.0719 e. The Morgan fingerprint density at radius 3 is 2.89 bits per heavy atom. The number of rotatable bonds is 6. The molecule has 0 aliphatic rings. The molecule has 4 heteroatoms. The Labute approximate surface area is 113 Å². The lowest BCUT2D eigenvalue weighted by Crippen LogP contribution is -2.30. The van der Waals surface area contributed by atoms with Gasteiger partial charge in [-0.25, -0.2) is 0 Å². The van der Waals surface area contributed by atoms with Crippen LogP contribution < -0.4 is 5.32 Å². The van der Waals surface area contributed by atoms with Crippen molar-refractivity contribution in [3.05, 3.63) is 30.0 Å². The summed E-state index contributed by atoms with van der Waals surface area (Å²) in [6.07, 6.45) is 0.991. The number of fused-ring (bicyclic) bond motifs is 1. The third-order valence-corrected chi connectivity index (χ3v) is 4.25. The minimum atomic E-state index is 0.494. The first kappa shape index (κ1) is 13.4. The molecule has 0 spiro atoms. The van der Waals surface area contributed by atoms with E-state index in [1.165, 1.54) is 22.3 Å². The second-order valence-electron chi connectivity index (χ2n) is 4.44. The molecule has 1 atom stereocenters. The Balaban J connectivity index is 2.20. The number of hydrogen-bond acceptors (Lipinski definition) is 3. The predicted octanol–water partition coefficient (Wildman–Crippen LogP) is 2.46. The van der Waals surface area contributed by atoms with Crippen LogP contribution in [0.2, 0.25) is 0 Å². The fourth-order valence-electron chi connectivity index (χ4n) is 2.18. The lowest BCUT2D eigenvalue weighted by atomic mass is 10.1. The SMILES string of the molecule is CCSCC(Cc1nn(C)c2ccccc12)NC. The van der Waals surface area contributed by atoms with Gasteiger partial charge in [-0.2, -0.15) is 16.9 Å². The highest BCUT2D eigenvalue weighted by molar-refractivity contribution is 7.99. The van der Waals surface area contributed by atoms with Crippen molar-refractivity contribution in [3.8, 4) is 0 Å². The summed E-state index contributed by atoms with van der Waals surface area (Å²) in [5.74, 6) is 2.30. The molecule has 1 N–H and O–H groups in total. The van der Waals surface area contributed by atoms with Crippen LogP contribution in [0, 0.1) is 0 Å². The number of benzene rings is 1. The Morgan fingerprint density at radius 1 is 1.39 bits per heavy atom. The van der Waals surface area contributed by atoms with Crippen molar-refractivity contribution < 1.29 is 0 Å². The molecule has 1 aromatic heterocycles. The smallest absolute Gasteiger partial charge is 0.0719 e. The second kappa shape index (κ2) is 6.25. The molecule has 3 nitrogen and oxygen atoms in total. The van der Waals surface area contributed by atoms with Gasteiger partial charge in [0, 0.05) is 30.6 Å². The van der Waals surface area contributed by atoms with Gasteiger partial charge in [0.05, 0.1) is 11.2 Å². The van der Waals surface area contributed by atoms with Crippen molar-refractivity contribution in [1.29, 1.82) is 0 Å². The molecule has 0 saturated heterocycles. The lowest BCUT2D eigenvalue weighted by molar-refractivity contribution is 0.602. The second-order valence-corrected chi connectivity index (χ2v) is 5.76. The quantitative estimate of drug-likeness (QED) is 0.868. The maximum atomic E-state index is 4.65. The molecule has 0 radical (unpaired) electrons. The topological polar surface area (TPSA) is 29.9 Å². The van der Waals surface area contributed by atoms with E-state index >= 15 is 0 Å². The summed E-state index contributed by atoms with van der Waals surface area (Å²) in [5.41, 5.74) is 2.41. The molecule has 0 saturated carbocycles. The first-order valence-electron chi connectivity index (χ1n) is 6.41. The maximum absolute atomic E-state index is 4.65. The molecule has 0 fully saturated rings. The highest BCUT2D eigenvalue weighted by Gasteiger charge is 2.13. The van der Waals surface area contributed by atoms with Crippen LogP contribution in [0.5, 0.6) is 0 Å². The van der Waals surface area contributed by atoms with E-state index in [0.717, 1.165) is 12.2 Å². The predicted molar refractivity (Wildman–Crippen MR) is 80.3 cm³/mol. The van der Waals surface area contributed by atoms with E-state index in [2.05, 4.69) is 41.6 Å². The fraction of sp³-hybridized carbons (Fsp3) is 0.500. The first-order chi connectivity index (χ1) is 8.76. The zero-order chi connectivity index (χ0) is 13.0. The zero-order valence-electron chi connectivity index (χ0n) is 11.3. The molecule has 0 aliphatic carbocycles. The van der Waals surface area contributed by atoms with Gasteiger partial charge >= 0.3 is 0 Å². The average Bonchev–Trinajstić information content (AvgIpc) is 2.72. The summed E-state index contributed by atoms with van der Waals surface area (Å²) in [6.45, 7) is 2.20. The van der Waals surface area contributed by atoms with Crippen molar-refractivity contribution in [2.75, 3.05) is 18.6 Å². The number of nitrogens with one attached hydrogen (secondary N) is 1. The normalized spacial score (nSPS) is 13.1. The molecule has 2 rings (SSSR count). The molecule has 1 heterocycles. The third-order valence-electron chi connectivity index (χ3n) is 3.21. The van der Waals surface area contributed by atoms with Gasteiger partial charge in [0.2, 0.25) is 0 Å². The van der Waals surface area contributed by atoms with E-state index in [1.807, 2.05) is 30.5 Å². The summed E-state index contributed by atoms with van der Waals surface area (Å²) in [4.78, 5) is 0. The molecule has 1 aromatic carbocycles. The van der Waals surface area contributed by atoms with Gasteiger partial charge in [-0.1, -0.05) is 25.1 Å². The zero-order valence-corrected chi connectivity index (χ0v) is 12.1. The van der Waals surface area contributed by atoms with E-state index in [9.17, 15) is 0 Å². The van der Waals surface area contributed by atoms with Gasteiger partial charge in [-0.3, -0.25) is 4.68 Å². The van der Waals surface area contributed by atoms with Crippen molar-refractivity contribution >= 4 is 22.7 Å². The molecular weight excluding hydrogens is 242 g/mol. The molecule has 0 amide bonds. The van der Waals surface area contributed by atoms with Gasteiger partial charge in [-0.05, 0) is 18.9 Å². The number of para-hydroxylation sites is 1. The Morgan fingerprint density at radius 2 is 2.17 bits per heavy atom. The summed E-state index contributed by atoms with van der Waals surface area (Å²) >= 11 is 1.98. The number of nitrogens with zero attached hydrogens (tertiary/aromatic N) is 2. The van der Waals surface area contributed by atoms with Crippen LogP contribution in [0.3, 0.4) is 0 Å². The van der Waals surface area contributed by atoms with Crippen molar-refractivity contribution in [2.24, 2.45) is 7.05 Å². The van der Waals surface area contributed by atoms with Crippen LogP contribution in [0.4, 0.5) is 0 Å². The number of aromatic nitrogens is 2. The molecule has 2 aromatic rings. The van der Waals surface area contributed by atoms with Crippen LogP contribution in [-0.2, 0) is 13.5 Å². The molecule has 0 aliphatic heterocycles. The number of thioether (sulfide) groups is 1. The summed E-state index contributed by atoms with van der Waals surface area (Å²) in [7, 11) is 4.05. The molecule has 98 valence electrons. The van der Waals surface area contributed by atoms with Gasteiger partial charge in [0.15, 0.2) is 0 Å². The summed E-state index contributed by atoms with van der Waals surface area (Å²) < 4.78 is 1.98. The van der Waals surface area contributed by atoms with E-state index < -0.39 is 0 Å². The largest absolute Gasteiger partial charge is 0.316 e. The Kier molecular flexibility index (Phi) is 4.66. The number of hydrogen-bond donors (Lipinski definition) is 1. The van der Waals surface area contributed by atoms with Gasteiger partial charge in [-0.15, -0.1) is 0 Å². The number of aryl methyl sites for hydroxylation is 1. The standard InChI is InChI=1S/C14H21N3S/c1-4-18-10-11(15-2)9-13-12-7-5-6-8-14(12)17(3)16-13/h5-8,11,15H,4,9-10H2,1-3H3. The Bertz CT molecular complexity index is 507.